The van der Waals surface area contributed by atoms with Gasteiger partial charge in [0, 0.05) is 38.5 Å². The number of halogens is 1. The van der Waals surface area contributed by atoms with Gasteiger partial charge in [0.2, 0.25) is 0 Å². The maximum absolute atomic E-state index is 13.7. The Morgan fingerprint density at radius 2 is 2.22 bits per heavy atom. The molecule has 0 aliphatic heterocycles. The fourth-order valence-corrected chi connectivity index (χ4v) is 1.92. The highest BCUT2D eigenvalue weighted by molar-refractivity contribution is 5.53. The van der Waals surface area contributed by atoms with Crippen LogP contribution in [0, 0.1) is 5.82 Å². The van der Waals surface area contributed by atoms with Crippen LogP contribution < -0.4 is 10.2 Å². The molecule has 18 heavy (non-hydrogen) atoms. The number of nitrogens with one attached hydrogen (secondary N) is 1. The van der Waals surface area contributed by atoms with Gasteiger partial charge in [-0.3, -0.25) is 0 Å². The maximum Gasteiger partial charge on any atom is 0.129 e. The molecule has 1 atom stereocenters. The number of rotatable bonds is 7. The standard InChI is InChI=1S/C13H21FN2O2/c1-15-7-11-12(14)5-4-6-13(11)16(2)8-10(17)9-18-3/h4-6,10,15,17H,7-9H2,1-3H3. The van der Waals surface area contributed by atoms with E-state index in [0.29, 0.717) is 18.7 Å². The van der Waals surface area contributed by atoms with Crippen molar-refractivity contribution in [2.24, 2.45) is 0 Å². The van der Waals surface area contributed by atoms with Gasteiger partial charge >= 0.3 is 0 Å². The molecular formula is C13H21FN2O2. The number of methoxy groups -OCH3 is 1. The molecular weight excluding hydrogens is 235 g/mol. The predicted molar refractivity (Wildman–Crippen MR) is 70.3 cm³/mol. The first-order chi connectivity index (χ1) is 8.60. The van der Waals surface area contributed by atoms with E-state index in [4.69, 9.17) is 4.74 Å². The SMILES string of the molecule is CNCc1c(F)cccc1N(C)CC(O)COC. The van der Waals surface area contributed by atoms with E-state index < -0.39 is 6.10 Å². The van der Waals surface area contributed by atoms with Crippen LogP contribution in [0.15, 0.2) is 18.2 Å². The Morgan fingerprint density at radius 3 is 2.83 bits per heavy atom. The van der Waals surface area contributed by atoms with Crippen molar-refractivity contribution in [2.45, 2.75) is 12.6 Å². The largest absolute Gasteiger partial charge is 0.389 e. The summed E-state index contributed by atoms with van der Waals surface area (Å²) in [4.78, 5) is 1.83. The molecule has 0 aromatic heterocycles. The van der Waals surface area contributed by atoms with Crippen molar-refractivity contribution in [3.05, 3.63) is 29.6 Å². The lowest BCUT2D eigenvalue weighted by Gasteiger charge is -2.25. The van der Waals surface area contributed by atoms with Gasteiger partial charge in [0.15, 0.2) is 0 Å². The second-order valence-electron chi connectivity index (χ2n) is 4.26. The predicted octanol–water partition coefficient (Wildman–Crippen LogP) is 0.989. The van der Waals surface area contributed by atoms with Gasteiger partial charge in [-0.15, -0.1) is 0 Å². The first-order valence-corrected chi connectivity index (χ1v) is 5.90. The molecule has 0 radical (unpaired) electrons. The van der Waals surface area contributed by atoms with Crippen LogP contribution in [0.5, 0.6) is 0 Å². The van der Waals surface area contributed by atoms with Crippen molar-refractivity contribution < 1.29 is 14.2 Å². The second kappa shape index (κ2) is 7.31. The lowest BCUT2D eigenvalue weighted by atomic mass is 10.1. The minimum absolute atomic E-state index is 0.241. The number of aliphatic hydroxyl groups is 1. The molecule has 1 unspecified atom stereocenters. The average molecular weight is 256 g/mol. The first-order valence-electron chi connectivity index (χ1n) is 5.90. The molecule has 4 nitrogen and oxygen atoms in total. The van der Waals surface area contributed by atoms with Crippen molar-refractivity contribution in [2.75, 3.05) is 39.3 Å². The summed E-state index contributed by atoms with van der Waals surface area (Å²) >= 11 is 0. The minimum atomic E-state index is -0.592. The topological polar surface area (TPSA) is 44.7 Å². The molecule has 1 rings (SSSR count). The highest BCUT2D eigenvalue weighted by atomic mass is 19.1. The van der Waals surface area contributed by atoms with Crippen molar-refractivity contribution >= 4 is 5.69 Å². The molecule has 0 aliphatic carbocycles. The Hall–Kier alpha value is -1.17. The van der Waals surface area contributed by atoms with Crippen molar-refractivity contribution in [1.82, 2.24) is 5.32 Å². The van der Waals surface area contributed by atoms with Crippen LogP contribution in [0.2, 0.25) is 0 Å². The van der Waals surface area contributed by atoms with E-state index in [2.05, 4.69) is 5.32 Å². The normalized spacial score (nSPS) is 12.5. The summed E-state index contributed by atoms with van der Waals surface area (Å²) in [6, 6.07) is 4.95. The summed E-state index contributed by atoms with van der Waals surface area (Å²) in [5.74, 6) is -0.241. The molecule has 1 aromatic rings. The van der Waals surface area contributed by atoms with Crippen LogP contribution in [0.3, 0.4) is 0 Å². The van der Waals surface area contributed by atoms with Crippen molar-refractivity contribution in [3.8, 4) is 0 Å². The molecule has 2 N–H and O–H groups in total. The van der Waals surface area contributed by atoms with Gasteiger partial charge in [-0.25, -0.2) is 4.39 Å². The monoisotopic (exact) mass is 256 g/mol. The number of aliphatic hydroxyl groups excluding tert-OH is 1. The van der Waals surface area contributed by atoms with Crippen LogP contribution in [0.4, 0.5) is 10.1 Å². The summed E-state index contributed by atoms with van der Waals surface area (Å²) in [5.41, 5.74) is 1.38. The lowest BCUT2D eigenvalue weighted by Crippen LogP contribution is -2.32. The summed E-state index contributed by atoms with van der Waals surface area (Å²) in [6.45, 7) is 1.11. The Morgan fingerprint density at radius 1 is 1.50 bits per heavy atom. The quantitative estimate of drug-likeness (QED) is 0.763. The number of benzene rings is 1. The Labute approximate surface area is 107 Å². The van der Waals surface area contributed by atoms with Gasteiger partial charge in [-0.2, -0.15) is 0 Å². The van der Waals surface area contributed by atoms with Crippen LogP contribution in [-0.2, 0) is 11.3 Å². The zero-order chi connectivity index (χ0) is 13.5. The number of nitrogens with zero attached hydrogens (tertiary/aromatic N) is 1. The van der Waals surface area contributed by atoms with Crippen LogP contribution in [-0.4, -0.2) is 45.6 Å². The van der Waals surface area contributed by atoms with Crippen molar-refractivity contribution in [1.29, 1.82) is 0 Å². The van der Waals surface area contributed by atoms with Gasteiger partial charge in [-0.1, -0.05) is 6.07 Å². The van der Waals surface area contributed by atoms with Gasteiger partial charge < -0.3 is 20.1 Å². The van der Waals surface area contributed by atoms with E-state index in [9.17, 15) is 9.50 Å². The van der Waals surface area contributed by atoms with Crippen LogP contribution in [0.25, 0.3) is 0 Å². The average Bonchev–Trinajstić information content (AvgIpc) is 2.32. The fraction of sp³-hybridized carbons (Fsp3) is 0.538. The molecule has 0 saturated heterocycles. The molecule has 0 aliphatic rings. The highest BCUT2D eigenvalue weighted by Gasteiger charge is 2.14. The molecule has 0 bridgehead atoms. The summed E-state index contributed by atoms with van der Waals surface area (Å²) in [5, 5.41) is 12.6. The third kappa shape index (κ3) is 3.94. The van der Waals surface area contributed by atoms with E-state index >= 15 is 0 Å². The molecule has 102 valence electrons. The van der Waals surface area contributed by atoms with Crippen LogP contribution in [0.1, 0.15) is 5.56 Å². The van der Waals surface area contributed by atoms with Gasteiger partial charge in [-0.05, 0) is 19.2 Å². The summed E-state index contributed by atoms with van der Waals surface area (Å²) in [6.07, 6.45) is -0.592. The Kier molecular flexibility index (Phi) is 6.04. The van der Waals surface area contributed by atoms with Gasteiger partial charge in [0.1, 0.15) is 5.82 Å². The van der Waals surface area contributed by atoms with Crippen molar-refractivity contribution in [3.63, 3.8) is 0 Å². The number of hydrogen-bond acceptors (Lipinski definition) is 4. The fourth-order valence-electron chi connectivity index (χ4n) is 1.92. The van der Waals surface area contributed by atoms with E-state index in [1.165, 1.54) is 13.2 Å². The number of ether oxygens (including phenoxy) is 1. The highest BCUT2D eigenvalue weighted by Crippen LogP contribution is 2.22. The summed E-state index contributed by atoms with van der Waals surface area (Å²) in [7, 11) is 5.14. The lowest BCUT2D eigenvalue weighted by molar-refractivity contribution is 0.0695. The second-order valence-corrected chi connectivity index (χ2v) is 4.26. The third-order valence-electron chi connectivity index (χ3n) is 2.70. The first kappa shape index (κ1) is 14.9. The molecule has 5 heteroatoms. The maximum atomic E-state index is 13.7. The number of likely N-dealkylation sites (N-methyl/N-ethyl adjacent to an activating group) is 1. The third-order valence-corrected chi connectivity index (χ3v) is 2.70. The molecule has 0 saturated carbocycles. The molecule has 0 heterocycles. The van der Waals surface area contributed by atoms with Crippen LogP contribution >= 0.6 is 0 Å². The Balaban J connectivity index is 2.84. The van der Waals surface area contributed by atoms with Gasteiger partial charge in [0.25, 0.3) is 0 Å². The summed E-state index contributed by atoms with van der Waals surface area (Å²) < 4.78 is 18.6. The molecule has 0 fully saturated rings. The molecule has 0 spiro atoms. The zero-order valence-corrected chi connectivity index (χ0v) is 11.1. The van der Waals surface area contributed by atoms with E-state index in [-0.39, 0.29) is 12.4 Å². The van der Waals surface area contributed by atoms with Gasteiger partial charge in [0.05, 0.1) is 12.7 Å². The van der Waals surface area contributed by atoms with E-state index in [1.807, 2.05) is 18.0 Å². The van der Waals surface area contributed by atoms with E-state index in [0.717, 1.165) is 5.69 Å². The Bertz CT molecular complexity index is 374. The minimum Gasteiger partial charge on any atom is -0.389 e. The molecule has 0 amide bonds. The zero-order valence-electron chi connectivity index (χ0n) is 11.1. The number of anilines is 1. The number of hydrogen-bond donors (Lipinski definition) is 2. The van der Waals surface area contributed by atoms with E-state index in [1.54, 1.807) is 13.1 Å². The smallest absolute Gasteiger partial charge is 0.129 e. The molecule has 1 aromatic carbocycles.